The van der Waals surface area contributed by atoms with E-state index in [1.165, 1.54) is 18.2 Å². The van der Waals surface area contributed by atoms with Crippen LogP contribution in [0.3, 0.4) is 0 Å². The molecule has 0 N–H and O–H groups in total. The SMILES string of the molecule is O=[N+]([O-])c1ccc(S(=O)(=O)c2ccccc2)c(OCC2CO2)c1. The van der Waals surface area contributed by atoms with Crippen LogP contribution in [0, 0.1) is 10.1 Å². The fraction of sp³-hybridized carbons (Fsp3) is 0.200. The molecule has 0 radical (unpaired) electrons. The van der Waals surface area contributed by atoms with Gasteiger partial charge in [0.2, 0.25) is 9.84 Å². The number of epoxide rings is 1. The first-order valence-electron chi connectivity index (χ1n) is 6.81. The van der Waals surface area contributed by atoms with E-state index in [4.69, 9.17) is 9.47 Å². The molecule has 0 amide bonds. The molecule has 120 valence electrons. The van der Waals surface area contributed by atoms with Crippen molar-refractivity contribution in [2.24, 2.45) is 0 Å². The molecule has 0 saturated carbocycles. The van der Waals surface area contributed by atoms with Crippen LogP contribution in [-0.2, 0) is 14.6 Å². The molecule has 0 aromatic heterocycles. The highest BCUT2D eigenvalue weighted by Crippen LogP contribution is 2.33. The number of nitro benzene ring substituents is 1. The minimum Gasteiger partial charge on any atom is -0.489 e. The second kappa shape index (κ2) is 5.98. The number of nitrogens with zero attached hydrogens (tertiary/aromatic N) is 1. The second-order valence-electron chi connectivity index (χ2n) is 4.97. The molecule has 8 heteroatoms. The highest BCUT2D eigenvalue weighted by Gasteiger charge is 2.27. The molecule has 23 heavy (non-hydrogen) atoms. The van der Waals surface area contributed by atoms with Crippen LogP contribution >= 0.6 is 0 Å². The molecule has 1 aliphatic rings. The molecule has 2 aromatic rings. The molecular formula is C15H13NO6S. The Bertz CT molecular complexity index is 830. The number of ether oxygens (including phenoxy) is 2. The summed E-state index contributed by atoms with van der Waals surface area (Å²) in [6.45, 7) is 0.689. The summed E-state index contributed by atoms with van der Waals surface area (Å²) >= 11 is 0. The summed E-state index contributed by atoms with van der Waals surface area (Å²) in [5.41, 5.74) is -0.233. The number of rotatable bonds is 6. The van der Waals surface area contributed by atoms with E-state index in [-0.39, 0.29) is 33.9 Å². The Morgan fingerprint density at radius 1 is 1.22 bits per heavy atom. The van der Waals surface area contributed by atoms with Crippen molar-refractivity contribution in [2.75, 3.05) is 13.2 Å². The van der Waals surface area contributed by atoms with E-state index in [1.54, 1.807) is 18.2 Å². The first-order valence-corrected chi connectivity index (χ1v) is 8.30. The topological polar surface area (TPSA) is 99.0 Å². The number of nitro groups is 1. The molecule has 1 fully saturated rings. The molecule has 2 aromatic carbocycles. The number of hydrogen-bond donors (Lipinski definition) is 0. The van der Waals surface area contributed by atoms with Gasteiger partial charge in [-0.2, -0.15) is 0 Å². The minimum absolute atomic E-state index is 0.0430. The number of hydrogen-bond acceptors (Lipinski definition) is 6. The first kappa shape index (κ1) is 15.4. The Kier molecular flexibility index (Phi) is 4.01. The van der Waals surface area contributed by atoms with Gasteiger partial charge in [0.05, 0.1) is 22.5 Å². The summed E-state index contributed by atoms with van der Waals surface area (Å²) in [6.07, 6.45) is -0.0958. The van der Waals surface area contributed by atoms with Crippen LogP contribution in [0.5, 0.6) is 5.75 Å². The summed E-state index contributed by atoms with van der Waals surface area (Å²) in [4.78, 5) is 10.3. The van der Waals surface area contributed by atoms with Gasteiger partial charge >= 0.3 is 0 Å². The molecule has 1 unspecified atom stereocenters. The molecular weight excluding hydrogens is 322 g/mol. The van der Waals surface area contributed by atoms with Gasteiger partial charge in [0.25, 0.3) is 5.69 Å². The van der Waals surface area contributed by atoms with Gasteiger partial charge in [-0.25, -0.2) is 8.42 Å². The molecule has 7 nitrogen and oxygen atoms in total. The van der Waals surface area contributed by atoms with Crippen LogP contribution in [0.2, 0.25) is 0 Å². The van der Waals surface area contributed by atoms with Crippen LogP contribution in [-0.4, -0.2) is 32.7 Å². The summed E-state index contributed by atoms with van der Waals surface area (Å²) < 4.78 is 35.9. The molecule has 1 heterocycles. The summed E-state index contributed by atoms with van der Waals surface area (Å²) in [5.74, 6) is -0.0430. The smallest absolute Gasteiger partial charge is 0.273 e. The van der Waals surface area contributed by atoms with Crippen molar-refractivity contribution in [3.63, 3.8) is 0 Å². The quantitative estimate of drug-likeness (QED) is 0.456. The minimum atomic E-state index is -3.83. The summed E-state index contributed by atoms with van der Waals surface area (Å²) in [5, 5.41) is 10.9. The molecule has 0 bridgehead atoms. The van der Waals surface area contributed by atoms with E-state index >= 15 is 0 Å². The van der Waals surface area contributed by atoms with E-state index in [9.17, 15) is 18.5 Å². The van der Waals surface area contributed by atoms with Crippen LogP contribution in [0.15, 0.2) is 58.3 Å². The number of non-ortho nitro benzene ring substituents is 1. The molecule has 0 aliphatic carbocycles. The zero-order valence-electron chi connectivity index (χ0n) is 11.9. The predicted octanol–water partition coefficient (Wildman–Crippen LogP) is 2.21. The Hall–Kier alpha value is -2.45. The maximum atomic E-state index is 12.7. The van der Waals surface area contributed by atoms with Crippen molar-refractivity contribution in [3.05, 3.63) is 58.6 Å². The third-order valence-electron chi connectivity index (χ3n) is 3.31. The van der Waals surface area contributed by atoms with Crippen LogP contribution < -0.4 is 4.74 Å². The van der Waals surface area contributed by atoms with Gasteiger partial charge in [0.15, 0.2) is 0 Å². The van der Waals surface area contributed by atoms with E-state index in [1.807, 2.05) is 0 Å². The Balaban J connectivity index is 2.04. The number of benzene rings is 2. The predicted molar refractivity (Wildman–Crippen MR) is 80.2 cm³/mol. The lowest BCUT2D eigenvalue weighted by Crippen LogP contribution is -2.10. The van der Waals surface area contributed by atoms with Crippen molar-refractivity contribution < 1.29 is 22.8 Å². The van der Waals surface area contributed by atoms with Crippen molar-refractivity contribution in [3.8, 4) is 5.75 Å². The average molecular weight is 335 g/mol. The van der Waals surface area contributed by atoms with Crippen molar-refractivity contribution in [1.29, 1.82) is 0 Å². The molecule has 1 saturated heterocycles. The average Bonchev–Trinajstić information content (AvgIpc) is 3.37. The highest BCUT2D eigenvalue weighted by atomic mass is 32.2. The van der Waals surface area contributed by atoms with Gasteiger partial charge in [-0.15, -0.1) is 0 Å². The van der Waals surface area contributed by atoms with Crippen LogP contribution in [0.4, 0.5) is 5.69 Å². The Morgan fingerprint density at radius 3 is 2.52 bits per heavy atom. The zero-order chi connectivity index (χ0) is 16.4. The highest BCUT2D eigenvalue weighted by molar-refractivity contribution is 7.91. The van der Waals surface area contributed by atoms with Gasteiger partial charge in [-0.1, -0.05) is 18.2 Å². The monoisotopic (exact) mass is 335 g/mol. The van der Waals surface area contributed by atoms with E-state index < -0.39 is 14.8 Å². The third-order valence-corrected chi connectivity index (χ3v) is 5.12. The fourth-order valence-electron chi connectivity index (χ4n) is 2.02. The molecule has 0 spiro atoms. The van der Waals surface area contributed by atoms with Gasteiger partial charge in [-0.3, -0.25) is 10.1 Å². The van der Waals surface area contributed by atoms with Gasteiger partial charge in [0, 0.05) is 6.07 Å². The Morgan fingerprint density at radius 2 is 1.91 bits per heavy atom. The zero-order valence-corrected chi connectivity index (χ0v) is 12.7. The van der Waals surface area contributed by atoms with Crippen LogP contribution in [0.25, 0.3) is 0 Å². The van der Waals surface area contributed by atoms with E-state index in [2.05, 4.69) is 0 Å². The molecule has 3 rings (SSSR count). The lowest BCUT2D eigenvalue weighted by molar-refractivity contribution is -0.385. The molecule has 1 atom stereocenters. The van der Waals surface area contributed by atoms with Gasteiger partial charge < -0.3 is 9.47 Å². The maximum absolute atomic E-state index is 12.7. The van der Waals surface area contributed by atoms with Crippen molar-refractivity contribution >= 4 is 15.5 Å². The normalized spacial score (nSPS) is 16.8. The number of sulfone groups is 1. The lowest BCUT2D eigenvalue weighted by Gasteiger charge is -2.11. The first-order chi connectivity index (χ1) is 11.0. The standard InChI is InChI=1S/C15H13NO6S/c17-16(18)11-6-7-15(14(8-11)22-10-12-9-21-12)23(19,20)13-4-2-1-3-5-13/h1-8,12H,9-10H2. The third kappa shape index (κ3) is 3.33. The summed E-state index contributed by atoms with van der Waals surface area (Å²) in [7, 11) is -3.83. The van der Waals surface area contributed by atoms with Gasteiger partial charge in [0.1, 0.15) is 23.4 Å². The van der Waals surface area contributed by atoms with Crippen LogP contribution in [0.1, 0.15) is 0 Å². The maximum Gasteiger partial charge on any atom is 0.273 e. The van der Waals surface area contributed by atoms with Crippen molar-refractivity contribution in [1.82, 2.24) is 0 Å². The molecule has 1 aliphatic heterocycles. The largest absolute Gasteiger partial charge is 0.489 e. The summed E-state index contributed by atoms with van der Waals surface area (Å²) in [6, 6.07) is 11.3. The second-order valence-corrected chi connectivity index (χ2v) is 6.89. The Labute approximate surface area is 132 Å². The lowest BCUT2D eigenvalue weighted by atomic mass is 10.3. The van der Waals surface area contributed by atoms with E-state index in [0.717, 1.165) is 12.1 Å². The van der Waals surface area contributed by atoms with Gasteiger partial charge in [-0.05, 0) is 18.2 Å². The van der Waals surface area contributed by atoms with E-state index in [0.29, 0.717) is 6.61 Å². The fourth-order valence-corrected chi connectivity index (χ4v) is 3.42. The van der Waals surface area contributed by atoms with Crippen molar-refractivity contribution in [2.45, 2.75) is 15.9 Å².